The lowest BCUT2D eigenvalue weighted by molar-refractivity contribution is 0.661. The van der Waals surface area contributed by atoms with Crippen LogP contribution in [0.2, 0.25) is 0 Å². The fraction of sp³-hybridized carbons (Fsp3) is 0.0889. The van der Waals surface area contributed by atoms with Gasteiger partial charge in [0.1, 0.15) is 5.84 Å². The van der Waals surface area contributed by atoms with Gasteiger partial charge in [0.25, 0.3) is 0 Å². The second-order valence-corrected chi connectivity index (χ2v) is 13.0. The van der Waals surface area contributed by atoms with E-state index < -0.39 is 0 Å². The Morgan fingerprint density at radius 2 is 1.21 bits per heavy atom. The summed E-state index contributed by atoms with van der Waals surface area (Å²) >= 11 is 0. The molecular weight excluding hydrogens is 569 g/mol. The molecule has 0 saturated heterocycles. The van der Waals surface area contributed by atoms with E-state index >= 15 is 0 Å². The number of rotatable bonds is 6. The predicted molar refractivity (Wildman–Crippen MR) is 200 cm³/mol. The van der Waals surface area contributed by atoms with E-state index in [1.807, 2.05) is 30.3 Å². The Morgan fingerprint density at radius 3 is 2.00 bits per heavy atom. The third-order valence-corrected chi connectivity index (χ3v) is 9.74. The maximum atomic E-state index is 6.62. The van der Waals surface area contributed by atoms with Crippen LogP contribution in [-0.4, -0.2) is 5.84 Å². The summed E-state index contributed by atoms with van der Waals surface area (Å²) in [5.74, 6) is 0.522. The minimum atomic E-state index is -0.264. The average molecular weight is 605 g/mol. The van der Waals surface area contributed by atoms with Crippen LogP contribution in [0.4, 0.5) is 0 Å². The molecule has 0 amide bonds. The molecule has 0 saturated carbocycles. The lowest BCUT2D eigenvalue weighted by Crippen LogP contribution is -2.14. The SMILES string of the molecule is CC1(C)c2cc3ccccc3cc2-c2c(-c3ccccc3/C=C/C(N=C(N)c3ccccc3)c3ccc4ccccc4c3)cccc21. The van der Waals surface area contributed by atoms with Crippen molar-refractivity contribution in [2.75, 3.05) is 0 Å². The van der Waals surface area contributed by atoms with Gasteiger partial charge < -0.3 is 5.73 Å². The van der Waals surface area contributed by atoms with Gasteiger partial charge in [0.05, 0.1) is 6.04 Å². The normalized spacial score (nSPS) is 14.4. The zero-order valence-electron chi connectivity index (χ0n) is 26.7. The molecule has 1 unspecified atom stereocenters. The summed E-state index contributed by atoms with van der Waals surface area (Å²) in [7, 11) is 0. The molecule has 0 fully saturated rings. The molecular formula is C45H36N2. The van der Waals surface area contributed by atoms with E-state index in [1.54, 1.807) is 0 Å². The lowest BCUT2D eigenvalue weighted by atomic mass is 9.81. The van der Waals surface area contributed by atoms with E-state index in [0.717, 1.165) is 16.7 Å². The van der Waals surface area contributed by atoms with Gasteiger partial charge in [-0.15, -0.1) is 0 Å². The van der Waals surface area contributed by atoms with Gasteiger partial charge in [-0.2, -0.15) is 0 Å². The number of hydrogen-bond acceptors (Lipinski definition) is 1. The number of nitrogens with zero attached hydrogens (tertiary/aromatic N) is 1. The Balaban J connectivity index is 1.26. The minimum absolute atomic E-state index is 0.0969. The van der Waals surface area contributed by atoms with E-state index in [4.69, 9.17) is 10.7 Å². The number of benzene rings is 7. The van der Waals surface area contributed by atoms with E-state index in [9.17, 15) is 0 Å². The van der Waals surface area contributed by atoms with Crippen molar-refractivity contribution in [2.24, 2.45) is 10.7 Å². The summed E-state index contributed by atoms with van der Waals surface area (Å²) in [5.41, 5.74) is 17.5. The zero-order valence-corrected chi connectivity index (χ0v) is 26.7. The van der Waals surface area contributed by atoms with E-state index in [-0.39, 0.29) is 11.5 Å². The standard InChI is InChI=1S/C45H36N2/c1-45(2)40-22-12-21-38(43(40)39-28-34-18-8-9-19-35(34)29-41(39)45)37-20-11-10-14-31(37)25-26-42(47-44(46)32-15-4-3-5-16-32)36-24-23-30-13-6-7-17-33(30)27-36/h3-29,42H,1-2H3,(H2,46,47)/b26-25+. The molecule has 2 heteroatoms. The van der Waals surface area contributed by atoms with Crippen molar-refractivity contribution >= 4 is 33.5 Å². The van der Waals surface area contributed by atoms with Crippen molar-refractivity contribution in [3.63, 3.8) is 0 Å². The Morgan fingerprint density at radius 1 is 0.574 bits per heavy atom. The van der Waals surface area contributed by atoms with Crippen LogP contribution in [-0.2, 0) is 5.41 Å². The van der Waals surface area contributed by atoms with Crippen molar-refractivity contribution in [1.29, 1.82) is 0 Å². The van der Waals surface area contributed by atoms with Gasteiger partial charge >= 0.3 is 0 Å². The highest BCUT2D eigenvalue weighted by molar-refractivity contribution is 6.00. The Labute approximate surface area is 276 Å². The highest BCUT2D eigenvalue weighted by Crippen LogP contribution is 2.53. The molecule has 226 valence electrons. The average Bonchev–Trinajstić information content (AvgIpc) is 3.34. The van der Waals surface area contributed by atoms with Crippen molar-refractivity contribution < 1.29 is 0 Å². The van der Waals surface area contributed by atoms with Crippen molar-refractivity contribution in [3.05, 3.63) is 186 Å². The van der Waals surface area contributed by atoms with Crippen molar-refractivity contribution in [1.82, 2.24) is 0 Å². The maximum Gasteiger partial charge on any atom is 0.126 e. The molecule has 1 aliphatic rings. The fourth-order valence-electron chi connectivity index (χ4n) is 7.23. The summed E-state index contributed by atoms with van der Waals surface area (Å²) in [6.07, 6.45) is 4.41. The van der Waals surface area contributed by atoms with Gasteiger partial charge in [0, 0.05) is 11.0 Å². The molecule has 2 nitrogen and oxygen atoms in total. The lowest BCUT2D eigenvalue weighted by Gasteiger charge is -2.22. The van der Waals surface area contributed by atoms with Gasteiger partial charge in [-0.05, 0) is 84.3 Å². The van der Waals surface area contributed by atoms with Gasteiger partial charge in [-0.1, -0.05) is 159 Å². The highest BCUT2D eigenvalue weighted by atomic mass is 14.9. The van der Waals surface area contributed by atoms with Crippen molar-refractivity contribution in [2.45, 2.75) is 25.3 Å². The summed E-state index contributed by atoms with van der Waals surface area (Å²) in [6, 6.07) is 53.7. The molecule has 0 radical (unpaired) electrons. The van der Waals surface area contributed by atoms with Crippen LogP contribution in [0.25, 0.3) is 49.9 Å². The first-order valence-electron chi connectivity index (χ1n) is 16.3. The topological polar surface area (TPSA) is 38.4 Å². The quantitative estimate of drug-likeness (QED) is 0.149. The first-order valence-corrected chi connectivity index (χ1v) is 16.3. The molecule has 47 heavy (non-hydrogen) atoms. The van der Waals surface area contributed by atoms with E-state index in [2.05, 4.69) is 147 Å². The van der Waals surface area contributed by atoms with Crippen LogP contribution in [0.1, 0.15) is 47.7 Å². The summed E-state index contributed by atoms with van der Waals surface area (Å²) in [4.78, 5) is 5.08. The van der Waals surface area contributed by atoms with E-state index in [0.29, 0.717) is 5.84 Å². The summed E-state index contributed by atoms with van der Waals surface area (Å²) in [6.45, 7) is 4.71. The number of fused-ring (bicyclic) bond motifs is 5. The first-order chi connectivity index (χ1) is 23.0. The third-order valence-electron chi connectivity index (χ3n) is 9.74. The molecule has 8 rings (SSSR count). The molecule has 1 aliphatic carbocycles. The molecule has 0 spiro atoms. The summed E-state index contributed by atoms with van der Waals surface area (Å²) < 4.78 is 0. The summed E-state index contributed by atoms with van der Waals surface area (Å²) in [5, 5.41) is 4.95. The third kappa shape index (κ3) is 5.13. The fourth-order valence-corrected chi connectivity index (χ4v) is 7.23. The molecule has 0 bridgehead atoms. The monoisotopic (exact) mass is 604 g/mol. The largest absolute Gasteiger partial charge is 0.383 e. The molecule has 7 aromatic rings. The van der Waals surface area contributed by atoms with Gasteiger partial charge in [-0.25, -0.2) is 0 Å². The number of hydrogen-bond donors (Lipinski definition) is 1. The van der Waals surface area contributed by atoms with Crippen LogP contribution in [0.15, 0.2) is 163 Å². The van der Waals surface area contributed by atoms with Crippen molar-refractivity contribution in [3.8, 4) is 22.3 Å². The second-order valence-electron chi connectivity index (χ2n) is 13.0. The Hall–Kier alpha value is -5.73. The molecule has 0 aromatic heterocycles. The number of amidine groups is 1. The van der Waals surface area contributed by atoms with Crippen LogP contribution >= 0.6 is 0 Å². The Kier molecular flexibility index (Phi) is 7.07. The number of nitrogens with two attached hydrogens (primary N) is 1. The highest BCUT2D eigenvalue weighted by Gasteiger charge is 2.37. The van der Waals surface area contributed by atoms with Crippen LogP contribution in [0, 0.1) is 0 Å². The van der Waals surface area contributed by atoms with Crippen LogP contribution in [0.3, 0.4) is 0 Å². The minimum Gasteiger partial charge on any atom is -0.383 e. The second kappa shape index (κ2) is 11.6. The molecule has 7 aromatic carbocycles. The Bertz CT molecular complexity index is 2340. The van der Waals surface area contributed by atoms with Gasteiger partial charge in [-0.3, -0.25) is 4.99 Å². The van der Waals surface area contributed by atoms with E-state index in [1.165, 1.54) is 54.9 Å². The van der Waals surface area contributed by atoms with Crippen LogP contribution < -0.4 is 5.73 Å². The molecule has 0 heterocycles. The molecule has 1 atom stereocenters. The van der Waals surface area contributed by atoms with Gasteiger partial charge in [0.2, 0.25) is 0 Å². The zero-order chi connectivity index (χ0) is 32.0. The van der Waals surface area contributed by atoms with Crippen LogP contribution in [0.5, 0.6) is 0 Å². The predicted octanol–water partition coefficient (Wildman–Crippen LogP) is 11.1. The molecule has 0 aliphatic heterocycles. The smallest absolute Gasteiger partial charge is 0.126 e. The number of aliphatic imine (C=N–C) groups is 1. The first kappa shape index (κ1) is 28.7. The van der Waals surface area contributed by atoms with Gasteiger partial charge in [0.15, 0.2) is 0 Å². The maximum absolute atomic E-state index is 6.62. The molecule has 2 N–H and O–H groups in total.